The number of morpholine rings is 1. The van der Waals surface area contributed by atoms with E-state index in [1.807, 2.05) is 11.8 Å². The second-order valence-electron chi connectivity index (χ2n) is 7.90. The SMILES string of the molecule is CCNC(=O)N1CCCCC1CCn1cc(C(=O)NCCCN2CCOCC2)nn1. The van der Waals surface area contributed by atoms with Crippen LogP contribution in [0.25, 0.3) is 0 Å². The van der Waals surface area contributed by atoms with E-state index in [4.69, 9.17) is 4.74 Å². The molecule has 10 nitrogen and oxygen atoms in total. The van der Waals surface area contributed by atoms with Gasteiger partial charge in [0, 0.05) is 45.3 Å². The number of nitrogens with one attached hydrogen (secondary N) is 2. The Morgan fingerprint density at radius 2 is 2.00 bits per heavy atom. The number of piperidine rings is 1. The molecule has 3 amide bonds. The lowest BCUT2D eigenvalue weighted by molar-refractivity contribution is 0.0374. The first-order valence-electron chi connectivity index (χ1n) is 11.2. The van der Waals surface area contributed by atoms with E-state index >= 15 is 0 Å². The molecule has 30 heavy (non-hydrogen) atoms. The highest BCUT2D eigenvalue weighted by atomic mass is 16.5. The van der Waals surface area contributed by atoms with Crippen molar-refractivity contribution >= 4 is 11.9 Å². The minimum atomic E-state index is -0.190. The highest BCUT2D eigenvalue weighted by Crippen LogP contribution is 2.20. The van der Waals surface area contributed by atoms with Crippen LogP contribution in [-0.4, -0.2) is 95.3 Å². The van der Waals surface area contributed by atoms with Gasteiger partial charge in [0.15, 0.2) is 5.69 Å². The topological polar surface area (TPSA) is 105 Å². The molecule has 2 N–H and O–H groups in total. The molecule has 1 unspecified atom stereocenters. The number of amides is 3. The Labute approximate surface area is 178 Å². The van der Waals surface area contributed by atoms with Crippen LogP contribution in [0.1, 0.15) is 49.5 Å². The molecule has 2 saturated heterocycles. The van der Waals surface area contributed by atoms with Crippen molar-refractivity contribution in [1.29, 1.82) is 0 Å². The predicted molar refractivity (Wildman–Crippen MR) is 112 cm³/mol. The lowest BCUT2D eigenvalue weighted by atomic mass is 10.00. The quantitative estimate of drug-likeness (QED) is 0.569. The fourth-order valence-corrected chi connectivity index (χ4v) is 4.03. The zero-order valence-electron chi connectivity index (χ0n) is 18.0. The molecule has 0 radical (unpaired) electrons. The van der Waals surface area contributed by atoms with Crippen LogP contribution >= 0.6 is 0 Å². The maximum absolute atomic E-state index is 12.3. The second kappa shape index (κ2) is 11.8. The molecule has 0 spiro atoms. The van der Waals surface area contributed by atoms with Gasteiger partial charge in [0.1, 0.15) is 0 Å². The summed E-state index contributed by atoms with van der Waals surface area (Å²) in [5, 5.41) is 13.9. The van der Waals surface area contributed by atoms with Gasteiger partial charge in [-0.2, -0.15) is 0 Å². The van der Waals surface area contributed by atoms with Gasteiger partial charge in [-0.25, -0.2) is 4.79 Å². The van der Waals surface area contributed by atoms with Gasteiger partial charge in [0.05, 0.1) is 19.4 Å². The molecule has 3 heterocycles. The number of hydrogen-bond acceptors (Lipinski definition) is 6. The molecule has 2 aliphatic rings. The highest BCUT2D eigenvalue weighted by Gasteiger charge is 2.26. The molecular weight excluding hydrogens is 386 g/mol. The minimum absolute atomic E-state index is 0.0120. The van der Waals surface area contributed by atoms with E-state index in [2.05, 4.69) is 25.8 Å². The Balaban J connectivity index is 1.39. The first-order chi connectivity index (χ1) is 14.7. The molecule has 2 fully saturated rings. The van der Waals surface area contributed by atoms with Crippen LogP contribution < -0.4 is 10.6 Å². The molecule has 0 aromatic carbocycles. The summed E-state index contributed by atoms with van der Waals surface area (Å²) in [5.74, 6) is -0.190. The van der Waals surface area contributed by atoms with Crippen LogP contribution in [0.15, 0.2) is 6.20 Å². The van der Waals surface area contributed by atoms with Crippen molar-refractivity contribution < 1.29 is 14.3 Å². The Bertz CT molecular complexity index is 675. The number of likely N-dealkylation sites (tertiary alicyclic amines) is 1. The molecule has 0 bridgehead atoms. The summed E-state index contributed by atoms with van der Waals surface area (Å²) in [6, 6.07) is 0.213. The van der Waals surface area contributed by atoms with E-state index in [0.717, 1.165) is 71.5 Å². The average molecular weight is 422 g/mol. The summed E-state index contributed by atoms with van der Waals surface area (Å²) in [7, 11) is 0. The smallest absolute Gasteiger partial charge is 0.317 e. The summed E-state index contributed by atoms with van der Waals surface area (Å²) in [4.78, 5) is 28.8. The van der Waals surface area contributed by atoms with Crippen LogP contribution in [-0.2, 0) is 11.3 Å². The molecule has 10 heteroatoms. The maximum Gasteiger partial charge on any atom is 0.317 e. The van der Waals surface area contributed by atoms with Crippen molar-refractivity contribution in [2.75, 3.05) is 52.5 Å². The van der Waals surface area contributed by atoms with Crippen molar-refractivity contribution in [3.05, 3.63) is 11.9 Å². The molecule has 3 rings (SSSR count). The summed E-state index contributed by atoms with van der Waals surface area (Å²) < 4.78 is 7.04. The number of nitrogens with zero attached hydrogens (tertiary/aromatic N) is 5. The minimum Gasteiger partial charge on any atom is -0.379 e. The Hall–Kier alpha value is -2.20. The van der Waals surface area contributed by atoms with Gasteiger partial charge in [-0.05, 0) is 45.6 Å². The number of ether oxygens (including phenoxy) is 1. The molecule has 1 atom stereocenters. The summed E-state index contributed by atoms with van der Waals surface area (Å²) in [5.41, 5.74) is 0.339. The van der Waals surface area contributed by atoms with Gasteiger partial charge in [0.25, 0.3) is 5.91 Å². The fourth-order valence-electron chi connectivity index (χ4n) is 4.03. The monoisotopic (exact) mass is 421 g/mol. The number of carbonyl (C=O) groups is 2. The number of urea groups is 1. The van der Waals surface area contributed by atoms with Gasteiger partial charge < -0.3 is 20.3 Å². The fraction of sp³-hybridized carbons (Fsp3) is 0.800. The third kappa shape index (κ3) is 6.66. The first kappa shape index (κ1) is 22.5. The zero-order chi connectivity index (χ0) is 21.2. The molecule has 1 aromatic rings. The molecular formula is C20H35N7O3. The van der Waals surface area contributed by atoms with E-state index in [0.29, 0.717) is 25.3 Å². The van der Waals surface area contributed by atoms with Crippen molar-refractivity contribution in [1.82, 2.24) is 35.4 Å². The van der Waals surface area contributed by atoms with E-state index in [-0.39, 0.29) is 18.0 Å². The third-order valence-corrected chi connectivity index (χ3v) is 5.72. The van der Waals surface area contributed by atoms with Crippen LogP contribution in [0.2, 0.25) is 0 Å². The molecule has 0 aliphatic carbocycles. The van der Waals surface area contributed by atoms with E-state index < -0.39 is 0 Å². The highest BCUT2D eigenvalue weighted by molar-refractivity contribution is 5.91. The van der Waals surface area contributed by atoms with Crippen molar-refractivity contribution in [3.63, 3.8) is 0 Å². The lowest BCUT2D eigenvalue weighted by Gasteiger charge is -2.35. The van der Waals surface area contributed by atoms with Crippen LogP contribution in [0.3, 0.4) is 0 Å². The van der Waals surface area contributed by atoms with Gasteiger partial charge in [-0.15, -0.1) is 5.10 Å². The normalized spacial score (nSPS) is 20.2. The van der Waals surface area contributed by atoms with Crippen LogP contribution in [0, 0.1) is 0 Å². The Kier molecular flexibility index (Phi) is 8.88. The number of aromatic nitrogens is 3. The standard InChI is InChI=1S/C20H35N7O3/c1-2-21-20(29)27-10-4-3-6-17(27)7-11-26-16-18(23-24-26)19(28)22-8-5-9-25-12-14-30-15-13-25/h16-17H,2-15H2,1H3,(H,21,29)(H,22,28). The van der Waals surface area contributed by atoms with E-state index in [9.17, 15) is 9.59 Å². The van der Waals surface area contributed by atoms with Crippen molar-refractivity contribution in [3.8, 4) is 0 Å². The molecule has 0 saturated carbocycles. The number of rotatable bonds is 9. The van der Waals surface area contributed by atoms with Crippen LogP contribution in [0.4, 0.5) is 4.79 Å². The second-order valence-corrected chi connectivity index (χ2v) is 7.90. The Morgan fingerprint density at radius 3 is 2.80 bits per heavy atom. The largest absolute Gasteiger partial charge is 0.379 e. The van der Waals surface area contributed by atoms with Gasteiger partial charge in [-0.1, -0.05) is 5.21 Å². The molecule has 168 valence electrons. The average Bonchev–Trinajstić information content (AvgIpc) is 3.25. The van der Waals surface area contributed by atoms with Gasteiger partial charge in [0.2, 0.25) is 0 Å². The first-order valence-corrected chi connectivity index (χ1v) is 11.2. The van der Waals surface area contributed by atoms with E-state index in [1.54, 1.807) is 10.9 Å². The van der Waals surface area contributed by atoms with Crippen LogP contribution in [0.5, 0.6) is 0 Å². The van der Waals surface area contributed by atoms with E-state index in [1.165, 1.54) is 0 Å². The number of carbonyl (C=O) groups excluding carboxylic acids is 2. The van der Waals surface area contributed by atoms with Crippen molar-refractivity contribution in [2.45, 2.75) is 51.6 Å². The third-order valence-electron chi connectivity index (χ3n) is 5.72. The molecule has 2 aliphatic heterocycles. The number of aryl methyl sites for hydroxylation is 1. The molecule has 1 aromatic heterocycles. The van der Waals surface area contributed by atoms with Crippen molar-refractivity contribution in [2.24, 2.45) is 0 Å². The van der Waals surface area contributed by atoms with Gasteiger partial charge in [-0.3, -0.25) is 14.4 Å². The summed E-state index contributed by atoms with van der Waals surface area (Å²) in [6.45, 7) is 9.07. The predicted octanol–water partition coefficient (Wildman–Crippen LogP) is 0.704. The maximum atomic E-state index is 12.3. The Morgan fingerprint density at radius 1 is 1.17 bits per heavy atom. The number of hydrogen-bond donors (Lipinski definition) is 2. The summed E-state index contributed by atoms with van der Waals surface area (Å²) >= 11 is 0. The van der Waals surface area contributed by atoms with Gasteiger partial charge >= 0.3 is 6.03 Å². The lowest BCUT2D eigenvalue weighted by Crippen LogP contribution is -2.48. The summed E-state index contributed by atoms with van der Waals surface area (Å²) in [6.07, 6.45) is 6.58. The zero-order valence-corrected chi connectivity index (χ0v) is 18.0.